The van der Waals surface area contributed by atoms with E-state index in [2.05, 4.69) is 25.5 Å². The van der Waals surface area contributed by atoms with Gasteiger partial charge in [0.1, 0.15) is 0 Å². The first-order valence-corrected chi connectivity index (χ1v) is 6.32. The molecule has 0 unspecified atom stereocenters. The summed E-state index contributed by atoms with van der Waals surface area (Å²) in [7, 11) is 0. The first-order chi connectivity index (χ1) is 7.18. The van der Waals surface area contributed by atoms with Gasteiger partial charge in [-0.1, -0.05) is 59.3 Å². The topological polar surface area (TPSA) is 26.3 Å². The highest BCUT2D eigenvalue weighted by molar-refractivity contribution is 5.65. The van der Waals surface area contributed by atoms with Gasteiger partial charge in [-0.3, -0.25) is 4.79 Å². The van der Waals surface area contributed by atoms with Crippen LogP contribution in [0.4, 0.5) is 0 Å². The molecule has 0 aromatic heterocycles. The summed E-state index contributed by atoms with van der Waals surface area (Å²) in [6.45, 7) is 8.55. The maximum atomic E-state index is 10.1. The number of unbranched alkanes of at least 4 members (excludes halogenated alkanes) is 5. The average molecular weight is 216 g/mol. The molecule has 0 aliphatic heterocycles. The van der Waals surface area contributed by atoms with Gasteiger partial charge in [-0.2, -0.15) is 0 Å². The van der Waals surface area contributed by atoms with Gasteiger partial charge in [-0.25, -0.2) is 0 Å². The Morgan fingerprint density at radius 1 is 0.867 bits per heavy atom. The predicted octanol–water partition coefficient (Wildman–Crippen LogP) is 4.33. The second-order valence-corrected chi connectivity index (χ2v) is 3.75. The standard InChI is InChI=1S/C7H16.C6H12O2/c1-3-5-7-6-4-2;1-3-4-5-8-6(2)7/h3-7H2,1-2H3;3-5H2,1-2H3. The minimum Gasteiger partial charge on any atom is -0.466 e. The highest BCUT2D eigenvalue weighted by Crippen LogP contribution is 2.00. The zero-order valence-corrected chi connectivity index (χ0v) is 11.0. The van der Waals surface area contributed by atoms with Gasteiger partial charge in [-0.15, -0.1) is 0 Å². The smallest absolute Gasteiger partial charge is 0.302 e. The van der Waals surface area contributed by atoms with Crippen molar-refractivity contribution in [3.05, 3.63) is 0 Å². The van der Waals surface area contributed by atoms with Crippen LogP contribution in [0.2, 0.25) is 0 Å². The molecule has 0 saturated carbocycles. The van der Waals surface area contributed by atoms with Crippen molar-refractivity contribution in [2.75, 3.05) is 6.61 Å². The third-order valence-electron chi connectivity index (χ3n) is 2.01. The molecule has 0 amide bonds. The lowest BCUT2D eigenvalue weighted by molar-refractivity contribution is -0.141. The summed E-state index contributed by atoms with van der Waals surface area (Å²) in [6.07, 6.45) is 9.06. The Labute approximate surface area is 95.4 Å². The molecular weight excluding hydrogens is 188 g/mol. The first-order valence-electron chi connectivity index (χ1n) is 6.32. The number of rotatable bonds is 7. The highest BCUT2D eigenvalue weighted by Gasteiger charge is 1.88. The lowest BCUT2D eigenvalue weighted by Gasteiger charge is -1.96. The third kappa shape index (κ3) is 24.7. The molecule has 0 aromatic rings. The molecule has 2 nitrogen and oxygen atoms in total. The fourth-order valence-electron chi connectivity index (χ4n) is 1.04. The van der Waals surface area contributed by atoms with Crippen LogP contribution in [0.25, 0.3) is 0 Å². The lowest BCUT2D eigenvalue weighted by atomic mass is 10.2. The molecule has 0 atom stereocenters. The number of hydrogen-bond acceptors (Lipinski definition) is 2. The van der Waals surface area contributed by atoms with E-state index in [4.69, 9.17) is 0 Å². The van der Waals surface area contributed by atoms with Gasteiger partial charge in [0.05, 0.1) is 6.61 Å². The van der Waals surface area contributed by atoms with E-state index in [1.165, 1.54) is 39.0 Å². The fraction of sp³-hybridized carbons (Fsp3) is 0.923. The maximum absolute atomic E-state index is 10.1. The quantitative estimate of drug-likeness (QED) is 0.468. The number of esters is 1. The van der Waals surface area contributed by atoms with E-state index in [0.29, 0.717) is 6.61 Å². The van der Waals surface area contributed by atoms with E-state index in [0.717, 1.165) is 12.8 Å². The Kier molecular flexibility index (Phi) is 17.9. The third-order valence-corrected chi connectivity index (χ3v) is 2.01. The van der Waals surface area contributed by atoms with Gasteiger partial charge in [-0.05, 0) is 6.42 Å². The highest BCUT2D eigenvalue weighted by atomic mass is 16.5. The zero-order chi connectivity index (χ0) is 11.9. The van der Waals surface area contributed by atoms with E-state index >= 15 is 0 Å². The van der Waals surface area contributed by atoms with Crippen LogP contribution in [0, 0.1) is 0 Å². The van der Waals surface area contributed by atoms with Crippen LogP contribution in [0.5, 0.6) is 0 Å². The van der Waals surface area contributed by atoms with E-state index in [-0.39, 0.29) is 5.97 Å². The Morgan fingerprint density at radius 3 is 1.67 bits per heavy atom. The fourth-order valence-corrected chi connectivity index (χ4v) is 1.04. The normalized spacial score (nSPS) is 9.07. The molecule has 0 aliphatic rings. The second kappa shape index (κ2) is 15.9. The second-order valence-electron chi connectivity index (χ2n) is 3.75. The van der Waals surface area contributed by atoms with Gasteiger partial charge in [0, 0.05) is 6.92 Å². The Morgan fingerprint density at radius 2 is 1.33 bits per heavy atom. The minimum absolute atomic E-state index is 0.182. The molecule has 2 heteroatoms. The predicted molar refractivity (Wildman–Crippen MR) is 66.0 cm³/mol. The van der Waals surface area contributed by atoms with Crippen molar-refractivity contribution in [1.82, 2.24) is 0 Å². The van der Waals surface area contributed by atoms with Crippen LogP contribution in [-0.4, -0.2) is 12.6 Å². The molecule has 0 heterocycles. The molecule has 0 aromatic carbocycles. The average Bonchev–Trinajstić information content (AvgIpc) is 2.20. The van der Waals surface area contributed by atoms with Gasteiger partial charge in [0.15, 0.2) is 0 Å². The van der Waals surface area contributed by atoms with Crippen molar-refractivity contribution >= 4 is 5.97 Å². The summed E-state index contributed by atoms with van der Waals surface area (Å²) >= 11 is 0. The largest absolute Gasteiger partial charge is 0.466 e. The number of carbonyl (C=O) groups is 1. The van der Waals surface area contributed by atoms with Gasteiger partial charge in [0.2, 0.25) is 0 Å². The molecule has 0 spiro atoms. The molecule has 15 heavy (non-hydrogen) atoms. The minimum atomic E-state index is -0.182. The summed E-state index contributed by atoms with van der Waals surface area (Å²) in [4.78, 5) is 10.1. The summed E-state index contributed by atoms with van der Waals surface area (Å²) < 4.78 is 4.64. The zero-order valence-electron chi connectivity index (χ0n) is 11.0. The summed E-state index contributed by atoms with van der Waals surface area (Å²) in [5.74, 6) is -0.182. The molecule has 0 radical (unpaired) electrons. The number of carbonyl (C=O) groups excluding carboxylic acids is 1. The molecule has 92 valence electrons. The lowest BCUT2D eigenvalue weighted by Crippen LogP contribution is -1.99. The maximum Gasteiger partial charge on any atom is 0.302 e. The number of hydrogen-bond donors (Lipinski definition) is 0. The van der Waals surface area contributed by atoms with Gasteiger partial charge < -0.3 is 4.74 Å². The van der Waals surface area contributed by atoms with Crippen molar-refractivity contribution in [2.24, 2.45) is 0 Å². The first kappa shape index (κ1) is 16.9. The molecule has 0 rings (SSSR count). The molecular formula is C13H28O2. The van der Waals surface area contributed by atoms with Crippen LogP contribution in [0.1, 0.15) is 72.6 Å². The monoisotopic (exact) mass is 216 g/mol. The number of ether oxygens (including phenoxy) is 1. The van der Waals surface area contributed by atoms with Crippen molar-refractivity contribution in [1.29, 1.82) is 0 Å². The molecule has 0 bridgehead atoms. The summed E-state index contributed by atoms with van der Waals surface area (Å²) in [5, 5.41) is 0. The molecule has 0 aliphatic carbocycles. The SMILES string of the molecule is CCCCCCC.CCCCOC(C)=O. The van der Waals surface area contributed by atoms with Crippen molar-refractivity contribution in [3.8, 4) is 0 Å². The van der Waals surface area contributed by atoms with Crippen LogP contribution >= 0.6 is 0 Å². The van der Waals surface area contributed by atoms with Crippen LogP contribution in [0.15, 0.2) is 0 Å². The molecule has 0 saturated heterocycles. The van der Waals surface area contributed by atoms with Crippen molar-refractivity contribution < 1.29 is 9.53 Å². The van der Waals surface area contributed by atoms with Crippen molar-refractivity contribution in [2.45, 2.75) is 72.6 Å². The Bertz CT molecular complexity index is 118. The van der Waals surface area contributed by atoms with Gasteiger partial charge >= 0.3 is 5.97 Å². The van der Waals surface area contributed by atoms with E-state index in [9.17, 15) is 4.79 Å². The molecule has 0 N–H and O–H groups in total. The van der Waals surface area contributed by atoms with Crippen LogP contribution in [0.3, 0.4) is 0 Å². The Hall–Kier alpha value is -0.530. The van der Waals surface area contributed by atoms with E-state index in [1.54, 1.807) is 0 Å². The van der Waals surface area contributed by atoms with Crippen LogP contribution < -0.4 is 0 Å². The van der Waals surface area contributed by atoms with Crippen LogP contribution in [-0.2, 0) is 9.53 Å². The summed E-state index contributed by atoms with van der Waals surface area (Å²) in [6, 6.07) is 0. The Balaban J connectivity index is 0. The van der Waals surface area contributed by atoms with E-state index < -0.39 is 0 Å². The van der Waals surface area contributed by atoms with Crippen molar-refractivity contribution in [3.63, 3.8) is 0 Å². The van der Waals surface area contributed by atoms with Gasteiger partial charge in [0.25, 0.3) is 0 Å². The van der Waals surface area contributed by atoms with E-state index in [1.807, 2.05) is 0 Å². The molecule has 0 fully saturated rings. The summed E-state index contributed by atoms with van der Waals surface area (Å²) in [5.41, 5.74) is 0.